The smallest absolute Gasteiger partial charge is 0.338 e. The highest BCUT2D eigenvalue weighted by Gasteiger charge is 2.35. The highest BCUT2D eigenvalue weighted by atomic mass is 32.2. The van der Waals surface area contributed by atoms with Crippen molar-refractivity contribution in [1.29, 1.82) is 0 Å². The van der Waals surface area contributed by atoms with Crippen molar-refractivity contribution in [2.45, 2.75) is 26.5 Å². The zero-order valence-corrected chi connectivity index (χ0v) is 18.9. The van der Waals surface area contributed by atoms with Gasteiger partial charge in [-0.25, -0.2) is 9.59 Å². The maximum Gasteiger partial charge on any atom is 0.338 e. The summed E-state index contributed by atoms with van der Waals surface area (Å²) in [4.78, 5) is 26.7. The number of benzene rings is 2. The van der Waals surface area contributed by atoms with E-state index in [1.165, 1.54) is 4.90 Å². The summed E-state index contributed by atoms with van der Waals surface area (Å²) in [6, 6.07) is 16.5. The molecule has 0 radical (unpaired) electrons. The molecule has 0 aromatic heterocycles. The topological polar surface area (TPSA) is 67.9 Å². The van der Waals surface area contributed by atoms with E-state index in [4.69, 9.17) is 9.47 Å². The fourth-order valence-electron chi connectivity index (χ4n) is 3.26. The van der Waals surface area contributed by atoms with Crippen LogP contribution in [-0.4, -0.2) is 42.1 Å². The molecule has 0 saturated heterocycles. The van der Waals surface area contributed by atoms with E-state index in [0.29, 0.717) is 30.2 Å². The standard InChI is InChI=1S/C24H28N2O4S/c1-4-31-15-14-29-23(27)21-17(2)26(3)24(28)25-22(21)19-10-12-20(13-11-19)30-16-18-8-6-5-7-9-18/h5-13,22H,4,14-16H2,1-3H3,(H,25,28)/t22-/m1/s1. The Morgan fingerprint density at radius 1 is 1.13 bits per heavy atom. The second-order valence-electron chi connectivity index (χ2n) is 7.12. The molecule has 3 rings (SSSR count). The monoisotopic (exact) mass is 440 g/mol. The number of amides is 2. The van der Waals surface area contributed by atoms with Gasteiger partial charge in [0, 0.05) is 18.5 Å². The van der Waals surface area contributed by atoms with Crippen LogP contribution in [0.5, 0.6) is 5.75 Å². The molecule has 7 heteroatoms. The number of nitrogens with zero attached hydrogens (tertiary/aromatic N) is 1. The third kappa shape index (κ3) is 5.82. The number of urea groups is 1. The summed E-state index contributed by atoms with van der Waals surface area (Å²) in [5.74, 6) is 2.03. The number of allylic oxidation sites excluding steroid dienone is 1. The largest absolute Gasteiger partial charge is 0.489 e. The van der Waals surface area contributed by atoms with E-state index in [9.17, 15) is 9.59 Å². The lowest BCUT2D eigenvalue weighted by Gasteiger charge is -2.33. The van der Waals surface area contributed by atoms with Crippen molar-refractivity contribution >= 4 is 23.8 Å². The maximum absolute atomic E-state index is 12.8. The molecule has 164 valence electrons. The molecule has 2 amide bonds. The van der Waals surface area contributed by atoms with Crippen LogP contribution in [0.2, 0.25) is 0 Å². The summed E-state index contributed by atoms with van der Waals surface area (Å²) < 4.78 is 11.3. The number of ether oxygens (including phenoxy) is 2. The van der Waals surface area contributed by atoms with Crippen molar-refractivity contribution in [3.05, 3.63) is 77.0 Å². The van der Waals surface area contributed by atoms with Crippen LogP contribution in [-0.2, 0) is 16.1 Å². The molecule has 0 fully saturated rings. The zero-order valence-electron chi connectivity index (χ0n) is 18.1. The lowest BCUT2D eigenvalue weighted by molar-refractivity contribution is -0.139. The van der Waals surface area contributed by atoms with Crippen molar-refractivity contribution < 1.29 is 19.1 Å². The molecule has 0 aliphatic carbocycles. The number of carbonyl (C=O) groups is 2. The predicted octanol–water partition coefficient (Wildman–Crippen LogP) is 4.53. The van der Waals surface area contributed by atoms with Crippen molar-refractivity contribution in [2.75, 3.05) is 25.2 Å². The Labute approximate surface area is 187 Å². The Bertz CT molecular complexity index is 928. The molecule has 1 N–H and O–H groups in total. The van der Waals surface area contributed by atoms with Crippen LogP contribution in [0.25, 0.3) is 0 Å². The highest BCUT2D eigenvalue weighted by molar-refractivity contribution is 7.99. The van der Waals surface area contributed by atoms with Crippen molar-refractivity contribution in [3.63, 3.8) is 0 Å². The fourth-order valence-corrected chi connectivity index (χ4v) is 3.75. The van der Waals surface area contributed by atoms with Gasteiger partial charge in [0.05, 0.1) is 11.6 Å². The molecule has 0 bridgehead atoms. The normalized spacial score (nSPS) is 16.2. The number of hydrogen-bond acceptors (Lipinski definition) is 5. The molecule has 0 spiro atoms. The third-order valence-corrected chi connectivity index (χ3v) is 5.96. The Morgan fingerprint density at radius 2 is 1.84 bits per heavy atom. The van der Waals surface area contributed by atoms with Gasteiger partial charge < -0.3 is 19.7 Å². The van der Waals surface area contributed by atoms with Crippen molar-refractivity contribution in [3.8, 4) is 5.75 Å². The van der Waals surface area contributed by atoms with E-state index in [1.807, 2.05) is 54.6 Å². The van der Waals surface area contributed by atoms with E-state index in [2.05, 4.69) is 12.2 Å². The first-order valence-electron chi connectivity index (χ1n) is 10.3. The Balaban J connectivity index is 1.74. The molecule has 1 aliphatic rings. The summed E-state index contributed by atoms with van der Waals surface area (Å²) in [6.45, 7) is 4.64. The number of carbonyl (C=O) groups excluding carboxylic acids is 2. The first kappa shape index (κ1) is 22.7. The van der Waals surface area contributed by atoms with E-state index >= 15 is 0 Å². The second kappa shape index (κ2) is 10.9. The minimum absolute atomic E-state index is 0.259. The summed E-state index contributed by atoms with van der Waals surface area (Å²) in [7, 11) is 1.64. The number of nitrogens with one attached hydrogen (secondary N) is 1. The van der Waals surface area contributed by atoms with Gasteiger partial charge in [-0.1, -0.05) is 49.4 Å². The molecule has 31 heavy (non-hydrogen) atoms. The predicted molar refractivity (Wildman–Crippen MR) is 123 cm³/mol. The van der Waals surface area contributed by atoms with Crippen molar-refractivity contribution in [2.24, 2.45) is 0 Å². The Hall–Kier alpha value is -2.93. The average molecular weight is 441 g/mol. The Kier molecular flexibility index (Phi) is 8.00. The van der Waals surface area contributed by atoms with E-state index in [0.717, 1.165) is 22.6 Å². The van der Waals surface area contributed by atoms with Gasteiger partial charge in [-0.3, -0.25) is 0 Å². The quantitative estimate of drug-likeness (QED) is 0.458. The van der Waals surface area contributed by atoms with E-state index in [1.54, 1.807) is 25.7 Å². The van der Waals surface area contributed by atoms with Crippen LogP contribution < -0.4 is 10.1 Å². The molecule has 1 atom stereocenters. The molecule has 2 aromatic rings. The minimum atomic E-state index is -0.571. The molecule has 6 nitrogen and oxygen atoms in total. The van der Waals surface area contributed by atoms with Gasteiger partial charge in [-0.2, -0.15) is 11.8 Å². The molecule has 0 saturated carbocycles. The number of esters is 1. The maximum atomic E-state index is 12.8. The number of rotatable bonds is 9. The fraction of sp³-hybridized carbons (Fsp3) is 0.333. The van der Waals surface area contributed by atoms with Gasteiger partial charge in [-0.05, 0) is 35.9 Å². The van der Waals surface area contributed by atoms with Gasteiger partial charge in [0.1, 0.15) is 19.0 Å². The van der Waals surface area contributed by atoms with E-state index < -0.39 is 12.0 Å². The van der Waals surface area contributed by atoms with Gasteiger partial charge in [0.2, 0.25) is 0 Å². The van der Waals surface area contributed by atoms with Crippen LogP contribution in [0.4, 0.5) is 4.79 Å². The average Bonchev–Trinajstić information content (AvgIpc) is 2.79. The minimum Gasteiger partial charge on any atom is -0.489 e. The summed E-state index contributed by atoms with van der Waals surface area (Å²) in [5, 5.41) is 2.90. The molecule has 1 heterocycles. The first-order valence-corrected chi connectivity index (χ1v) is 11.4. The van der Waals surface area contributed by atoms with Crippen LogP contribution in [0.3, 0.4) is 0 Å². The number of hydrogen-bond donors (Lipinski definition) is 1. The zero-order chi connectivity index (χ0) is 22.2. The van der Waals surface area contributed by atoms with Crippen LogP contribution in [0.15, 0.2) is 65.9 Å². The first-order chi connectivity index (χ1) is 15.0. The van der Waals surface area contributed by atoms with Gasteiger partial charge >= 0.3 is 12.0 Å². The lowest BCUT2D eigenvalue weighted by Crippen LogP contribution is -2.46. The van der Waals surface area contributed by atoms with E-state index in [-0.39, 0.29) is 6.03 Å². The third-order valence-electron chi connectivity index (χ3n) is 5.10. The summed E-state index contributed by atoms with van der Waals surface area (Å²) in [6.07, 6.45) is 0. The van der Waals surface area contributed by atoms with Gasteiger partial charge in [-0.15, -0.1) is 0 Å². The molecular weight excluding hydrogens is 412 g/mol. The highest BCUT2D eigenvalue weighted by Crippen LogP contribution is 2.31. The molecule has 2 aromatic carbocycles. The summed E-state index contributed by atoms with van der Waals surface area (Å²) >= 11 is 1.71. The van der Waals surface area contributed by atoms with Gasteiger partial charge in [0.15, 0.2) is 0 Å². The van der Waals surface area contributed by atoms with Crippen LogP contribution in [0.1, 0.15) is 31.0 Å². The second-order valence-corrected chi connectivity index (χ2v) is 8.51. The molecular formula is C24H28N2O4S. The number of thioether (sulfide) groups is 1. The van der Waals surface area contributed by atoms with Gasteiger partial charge in [0.25, 0.3) is 0 Å². The van der Waals surface area contributed by atoms with Crippen LogP contribution in [0, 0.1) is 0 Å². The SMILES string of the molecule is CCSCCOC(=O)C1=C(C)N(C)C(=O)N[C@@H]1c1ccc(OCc2ccccc2)cc1. The van der Waals surface area contributed by atoms with Crippen LogP contribution >= 0.6 is 11.8 Å². The van der Waals surface area contributed by atoms with Crippen molar-refractivity contribution in [1.82, 2.24) is 10.2 Å². The Morgan fingerprint density at radius 3 is 2.52 bits per heavy atom. The molecule has 1 aliphatic heterocycles. The summed E-state index contributed by atoms with van der Waals surface area (Å²) in [5.41, 5.74) is 2.91. The molecule has 0 unspecified atom stereocenters. The lowest BCUT2D eigenvalue weighted by atomic mass is 9.95.